The second-order valence-electron chi connectivity index (χ2n) is 3.87. The summed E-state index contributed by atoms with van der Waals surface area (Å²) in [7, 11) is 0. The van der Waals surface area contributed by atoms with Gasteiger partial charge in [0.1, 0.15) is 0 Å². The van der Waals surface area contributed by atoms with Gasteiger partial charge in [-0.25, -0.2) is 0 Å². The van der Waals surface area contributed by atoms with Gasteiger partial charge < -0.3 is 10.6 Å². The summed E-state index contributed by atoms with van der Waals surface area (Å²) < 4.78 is 0. The molecule has 2 saturated heterocycles. The van der Waals surface area contributed by atoms with Crippen LogP contribution in [0, 0.1) is 0 Å². The normalized spacial score (nSPS) is 34.3. The largest absolute Gasteiger partial charge is 0.329 e. The van der Waals surface area contributed by atoms with Crippen LogP contribution in [0.15, 0.2) is 0 Å². The summed E-state index contributed by atoms with van der Waals surface area (Å²) in [5, 5.41) is 1.08. The molecule has 0 spiro atoms. The molecule has 0 aromatic heterocycles. The van der Waals surface area contributed by atoms with Gasteiger partial charge in [0.25, 0.3) is 0 Å². The Hall–Kier alpha value is -0.220. The molecule has 0 aromatic rings. The van der Waals surface area contributed by atoms with Crippen LogP contribution in [0.5, 0.6) is 0 Å². The van der Waals surface area contributed by atoms with Crippen molar-refractivity contribution in [3.8, 4) is 0 Å². The molecular weight excluding hydrogens is 184 g/mol. The summed E-state index contributed by atoms with van der Waals surface area (Å²) in [4.78, 5) is 13.1. The average Bonchev–Trinajstić information content (AvgIpc) is 2.42. The molecule has 0 bridgehead atoms. The summed E-state index contributed by atoms with van der Waals surface area (Å²) >= 11 is 1.93. The fraction of sp³-hybridized carbons (Fsp3) is 0.889. The number of rotatable bonds is 3. The van der Waals surface area contributed by atoms with Gasteiger partial charge in [0.05, 0.1) is 11.8 Å². The predicted molar refractivity (Wildman–Crippen MR) is 54.4 cm³/mol. The Morgan fingerprint density at radius 3 is 3.08 bits per heavy atom. The van der Waals surface area contributed by atoms with Crippen molar-refractivity contribution in [2.75, 3.05) is 6.54 Å². The van der Waals surface area contributed by atoms with Gasteiger partial charge in [0.15, 0.2) is 0 Å². The Balaban J connectivity index is 1.81. The van der Waals surface area contributed by atoms with Crippen molar-refractivity contribution in [3.05, 3.63) is 0 Å². The highest BCUT2D eigenvalue weighted by Crippen LogP contribution is 2.41. The molecule has 3 nitrogen and oxygen atoms in total. The summed E-state index contributed by atoms with van der Waals surface area (Å²) in [5.41, 5.74) is 5.88. The van der Waals surface area contributed by atoms with Crippen LogP contribution < -0.4 is 5.73 Å². The smallest absolute Gasteiger partial charge is 0.226 e. The van der Waals surface area contributed by atoms with Crippen molar-refractivity contribution >= 4 is 17.7 Å². The molecule has 2 unspecified atom stereocenters. The van der Waals surface area contributed by atoms with E-state index in [1.54, 1.807) is 0 Å². The third-order valence-electron chi connectivity index (χ3n) is 2.86. The maximum Gasteiger partial charge on any atom is 0.226 e. The molecule has 74 valence electrons. The molecule has 13 heavy (non-hydrogen) atoms. The molecule has 2 heterocycles. The van der Waals surface area contributed by atoms with E-state index in [9.17, 15) is 4.79 Å². The number of amides is 1. The van der Waals surface area contributed by atoms with Crippen LogP contribution in [0.3, 0.4) is 0 Å². The van der Waals surface area contributed by atoms with Gasteiger partial charge in [-0.05, 0) is 12.8 Å². The molecule has 2 rings (SSSR count). The third kappa shape index (κ3) is 1.70. The highest BCUT2D eigenvalue weighted by atomic mass is 32.2. The number of nitrogens with two attached hydrogens (primary N) is 1. The monoisotopic (exact) mass is 200 g/mol. The molecule has 0 saturated carbocycles. The van der Waals surface area contributed by atoms with E-state index in [0.29, 0.717) is 22.6 Å². The molecule has 3 atom stereocenters. The van der Waals surface area contributed by atoms with E-state index in [-0.39, 0.29) is 0 Å². The van der Waals surface area contributed by atoms with Crippen molar-refractivity contribution in [1.29, 1.82) is 0 Å². The number of nitrogens with zero attached hydrogens (tertiary/aromatic N) is 1. The molecule has 2 N–H and O–H groups in total. The lowest BCUT2D eigenvalue weighted by molar-refractivity contribution is -0.140. The van der Waals surface area contributed by atoms with Crippen LogP contribution in [0.25, 0.3) is 0 Å². The number of carbonyl (C=O) groups excluding carboxylic acids is 1. The van der Waals surface area contributed by atoms with E-state index in [0.717, 1.165) is 25.8 Å². The maximum absolute atomic E-state index is 11.1. The molecule has 2 aliphatic heterocycles. The first-order valence-electron chi connectivity index (χ1n) is 4.91. The highest BCUT2D eigenvalue weighted by Gasteiger charge is 2.44. The van der Waals surface area contributed by atoms with Gasteiger partial charge in [-0.2, -0.15) is 0 Å². The minimum atomic E-state index is 0.311. The first-order valence-corrected chi connectivity index (χ1v) is 5.85. The van der Waals surface area contributed by atoms with Crippen LogP contribution in [0.4, 0.5) is 0 Å². The van der Waals surface area contributed by atoms with Crippen molar-refractivity contribution in [2.45, 2.75) is 42.9 Å². The summed E-state index contributed by atoms with van der Waals surface area (Å²) in [6, 6.07) is 0.311. The zero-order chi connectivity index (χ0) is 9.42. The standard InChI is InChI=1S/C9H16N2OS/c1-2-6(10)3-7-5-11-8(12)4-9(11)13-7/h6-7,9H,2-5,10H2,1H3/t6?,7?,9-/m1/s1. The van der Waals surface area contributed by atoms with Gasteiger partial charge in [0.2, 0.25) is 5.91 Å². The molecule has 1 amide bonds. The van der Waals surface area contributed by atoms with Crippen LogP contribution in [-0.4, -0.2) is 34.0 Å². The fourth-order valence-electron chi connectivity index (χ4n) is 1.88. The van der Waals surface area contributed by atoms with Crippen LogP contribution in [0.1, 0.15) is 26.2 Å². The van der Waals surface area contributed by atoms with E-state index >= 15 is 0 Å². The zero-order valence-electron chi connectivity index (χ0n) is 7.90. The topological polar surface area (TPSA) is 46.3 Å². The van der Waals surface area contributed by atoms with E-state index < -0.39 is 0 Å². The van der Waals surface area contributed by atoms with E-state index in [1.165, 1.54) is 0 Å². The molecule has 0 aliphatic carbocycles. The Morgan fingerprint density at radius 2 is 2.54 bits per heavy atom. The fourth-order valence-corrected chi connectivity index (χ4v) is 3.52. The van der Waals surface area contributed by atoms with Gasteiger partial charge in [-0.3, -0.25) is 4.79 Å². The van der Waals surface area contributed by atoms with Gasteiger partial charge in [-0.1, -0.05) is 6.92 Å². The van der Waals surface area contributed by atoms with Crippen molar-refractivity contribution in [3.63, 3.8) is 0 Å². The number of fused-ring (bicyclic) bond motifs is 1. The third-order valence-corrected chi connectivity index (χ3v) is 4.32. The predicted octanol–water partition coefficient (Wildman–Crippen LogP) is 0.788. The van der Waals surface area contributed by atoms with Crippen molar-refractivity contribution in [1.82, 2.24) is 4.90 Å². The quantitative estimate of drug-likeness (QED) is 0.685. The summed E-state index contributed by atoms with van der Waals surface area (Å²) in [5.74, 6) is 0.324. The Morgan fingerprint density at radius 1 is 1.77 bits per heavy atom. The van der Waals surface area contributed by atoms with E-state index in [1.807, 2.05) is 16.7 Å². The van der Waals surface area contributed by atoms with E-state index in [4.69, 9.17) is 5.73 Å². The lowest BCUT2D eigenvalue weighted by Gasteiger charge is -2.32. The zero-order valence-corrected chi connectivity index (χ0v) is 8.72. The highest BCUT2D eigenvalue weighted by molar-refractivity contribution is 8.00. The molecule has 2 fully saturated rings. The maximum atomic E-state index is 11.1. The van der Waals surface area contributed by atoms with Crippen LogP contribution in [-0.2, 0) is 4.79 Å². The number of carbonyl (C=O) groups is 1. The molecule has 4 heteroatoms. The SMILES string of the molecule is CCC(N)CC1CN2C(=O)C[C@H]2S1. The summed E-state index contributed by atoms with van der Waals surface area (Å²) in [6.07, 6.45) is 2.85. The molecule has 2 aliphatic rings. The Kier molecular flexibility index (Phi) is 2.51. The molecular formula is C9H16N2OS. The van der Waals surface area contributed by atoms with Crippen LogP contribution >= 0.6 is 11.8 Å². The minimum absolute atomic E-state index is 0.311. The van der Waals surface area contributed by atoms with Gasteiger partial charge >= 0.3 is 0 Å². The number of β-lactam (4-membered cyclic amide) rings is 1. The van der Waals surface area contributed by atoms with Crippen molar-refractivity contribution < 1.29 is 4.79 Å². The van der Waals surface area contributed by atoms with Gasteiger partial charge in [0, 0.05) is 17.8 Å². The summed E-state index contributed by atoms with van der Waals surface area (Å²) in [6.45, 7) is 3.05. The number of thioether (sulfide) groups is 1. The lowest BCUT2D eigenvalue weighted by atomic mass is 10.1. The second kappa shape index (κ2) is 3.50. The van der Waals surface area contributed by atoms with Gasteiger partial charge in [-0.15, -0.1) is 11.8 Å². The lowest BCUT2D eigenvalue weighted by Crippen LogP contribution is -2.47. The first kappa shape index (κ1) is 9.34. The van der Waals surface area contributed by atoms with Crippen LogP contribution in [0.2, 0.25) is 0 Å². The number of hydrogen-bond acceptors (Lipinski definition) is 3. The Bertz CT molecular complexity index is 222. The van der Waals surface area contributed by atoms with Crippen molar-refractivity contribution in [2.24, 2.45) is 5.73 Å². The number of hydrogen-bond donors (Lipinski definition) is 1. The molecule has 0 aromatic carbocycles. The minimum Gasteiger partial charge on any atom is -0.329 e. The van der Waals surface area contributed by atoms with E-state index in [2.05, 4.69) is 6.92 Å². The average molecular weight is 200 g/mol. The molecule has 0 radical (unpaired) electrons. The second-order valence-corrected chi connectivity index (χ2v) is 5.35. The Labute approximate surface area is 83.0 Å². The first-order chi connectivity index (χ1) is 6.20.